The molecule has 32 heavy (non-hydrogen) atoms. The number of benzene rings is 1. The number of H-pyrrole nitrogens is 1. The van der Waals surface area contributed by atoms with Crippen molar-refractivity contribution in [2.75, 3.05) is 19.8 Å². The van der Waals surface area contributed by atoms with Crippen LogP contribution in [0.2, 0.25) is 0 Å². The highest BCUT2D eigenvalue weighted by Crippen LogP contribution is 2.34. The fourth-order valence-electron chi connectivity index (χ4n) is 3.69. The molecule has 0 unspecified atom stereocenters. The lowest BCUT2D eigenvalue weighted by atomic mass is 10.1. The van der Waals surface area contributed by atoms with Gasteiger partial charge in [-0.25, -0.2) is 0 Å². The maximum Gasteiger partial charge on any atom is 0.294 e. The zero-order valence-electron chi connectivity index (χ0n) is 20.5. The van der Waals surface area contributed by atoms with Gasteiger partial charge in [-0.1, -0.05) is 78.6 Å². The smallest absolute Gasteiger partial charge is 0.294 e. The number of fused-ring (bicyclic) bond motifs is 1. The van der Waals surface area contributed by atoms with Gasteiger partial charge in [-0.3, -0.25) is 4.79 Å². The average molecular weight is 446 g/mol. The predicted octanol–water partition coefficient (Wildman–Crippen LogP) is 7.41. The summed E-state index contributed by atoms with van der Waals surface area (Å²) in [5, 5.41) is 0.860. The molecular formula is C27H43NO4. The van der Waals surface area contributed by atoms with Crippen LogP contribution in [0.4, 0.5) is 0 Å². The SMILES string of the molecule is CCCCCCCCOc1ccc2c(OCCCCCC)c(OCCCC)c(=O)[nH]c2c1. The van der Waals surface area contributed by atoms with E-state index in [1.807, 2.05) is 18.2 Å². The molecule has 1 aromatic carbocycles. The molecule has 0 amide bonds. The first-order valence-electron chi connectivity index (χ1n) is 12.8. The Morgan fingerprint density at radius 2 is 1.22 bits per heavy atom. The van der Waals surface area contributed by atoms with Gasteiger partial charge >= 0.3 is 0 Å². The van der Waals surface area contributed by atoms with Gasteiger partial charge in [0.2, 0.25) is 5.75 Å². The predicted molar refractivity (Wildman–Crippen MR) is 133 cm³/mol. The lowest BCUT2D eigenvalue weighted by Crippen LogP contribution is -2.15. The molecule has 0 radical (unpaired) electrons. The molecule has 5 heteroatoms. The highest BCUT2D eigenvalue weighted by atomic mass is 16.5. The molecule has 0 atom stereocenters. The summed E-state index contributed by atoms with van der Waals surface area (Å²) in [5.74, 6) is 1.62. The van der Waals surface area contributed by atoms with Crippen molar-refractivity contribution in [1.82, 2.24) is 4.98 Å². The van der Waals surface area contributed by atoms with E-state index in [0.29, 0.717) is 31.3 Å². The number of rotatable bonds is 18. The van der Waals surface area contributed by atoms with Gasteiger partial charge in [0, 0.05) is 11.5 Å². The van der Waals surface area contributed by atoms with Gasteiger partial charge in [-0.15, -0.1) is 0 Å². The van der Waals surface area contributed by atoms with Crippen molar-refractivity contribution in [2.24, 2.45) is 0 Å². The Labute approximate surface area is 193 Å². The molecule has 1 heterocycles. The van der Waals surface area contributed by atoms with Gasteiger partial charge in [0.25, 0.3) is 5.56 Å². The summed E-state index contributed by atoms with van der Waals surface area (Å²) in [5.41, 5.74) is 0.479. The number of unbranched alkanes of at least 4 members (excludes halogenated alkanes) is 9. The summed E-state index contributed by atoms with van der Waals surface area (Å²) < 4.78 is 17.9. The van der Waals surface area contributed by atoms with Crippen molar-refractivity contribution >= 4 is 10.9 Å². The number of ether oxygens (including phenoxy) is 3. The maximum absolute atomic E-state index is 12.8. The number of aromatic nitrogens is 1. The molecule has 0 aliphatic carbocycles. The van der Waals surface area contributed by atoms with E-state index >= 15 is 0 Å². The van der Waals surface area contributed by atoms with Crippen molar-refractivity contribution in [1.29, 1.82) is 0 Å². The highest BCUT2D eigenvalue weighted by molar-refractivity contribution is 5.88. The Hall–Kier alpha value is -2.17. The van der Waals surface area contributed by atoms with E-state index in [4.69, 9.17) is 14.2 Å². The first kappa shape index (κ1) is 26.1. The van der Waals surface area contributed by atoms with Crippen LogP contribution < -0.4 is 19.8 Å². The Bertz CT molecular complexity index is 830. The van der Waals surface area contributed by atoms with Crippen LogP contribution in [0.15, 0.2) is 23.0 Å². The minimum absolute atomic E-state index is 0.245. The summed E-state index contributed by atoms with van der Waals surface area (Å²) in [6, 6.07) is 5.82. The number of nitrogens with one attached hydrogen (secondary N) is 1. The van der Waals surface area contributed by atoms with Crippen LogP contribution in [-0.4, -0.2) is 24.8 Å². The quantitative estimate of drug-likeness (QED) is 0.243. The summed E-state index contributed by atoms with van der Waals surface area (Å²) in [6.07, 6.45) is 13.8. The molecule has 1 aromatic heterocycles. The molecule has 180 valence electrons. The highest BCUT2D eigenvalue weighted by Gasteiger charge is 2.16. The molecule has 0 saturated heterocycles. The first-order chi connectivity index (χ1) is 15.7. The third kappa shape index (κ3) is 8.76. The van der Waals surface area contributed by atoms with Crippen LogP contribution in [-0.2, 0) is 0 Å². The minimum atomic E-state index is -0.245. The molecule has 2 aromatic rings. The lowest BCUT2D eigenvalue weighted by molar-refractivity contribution is 0.260. The van der Waals surface area contributed by atoms with Crippen molar-refractivity contribution in [3.8, 4) is 17.2 Å². The third-order valence-corrected chi connectivity index (χ3v) is 5.65. The van der Waals surface area contributed by atoms with Gasteiger partial charge < -0.3 is 19.2 Å². The first-order valence-corrected chi connectivity index (χ1v) is 12.8. The molecule has 0 aliphatic rings. The largest absolute Gasteiger partial charge is 0.494 e. The molecule has 0 saturated carbocycles. The molecule has 5 nitrogen and oxygen atoms in total. The monoisotopic (exact) mass is 445 g/mol. The van der Waals surface area contributed by atoms with E-state index in [-0.39, 0.29) is 5.56 Å². The van der Waals surface area contributed by atoms with Gasteiger partial charge in [0.15, 0.2) is 5.75 Å². The van der Waals surface area contributed by atoms with Crippen molar-refractivity contribution in [3.05, 3.63) is 28.6 Å². The fraction of sp³-hybridized carbons (Fsp3) is 0.667. The second kappa shape index (κ2) is 15.6. The van der Waals surface area contributed by atoms with E-state index < -0.39 is 0 Å². The van der Waals surface area contributed by atoms with E-state index in [1.54, 1.807) is 0 Å². The molecule has 0 fully saturated rings. The molecule has 0 aliphatic heterocycles. The fourth-order valence-corrected chi connectivity index (χ4v) is 3.69. The van der Waals surface area contributed by atoms with Gasteiger partial charge in [-0.05, 0) is 31.4 Å². The summed E-state index contributed by atoms with van der Waals surface area (Å²) in [7, 11) is 0. The van der Waals surface area contributed by atoms with Gasteiger partial charge in [0.1, 0.15) is 5.75 Å². The van der Waals surface area contributed by atoms with Gasteiger partial charge in [0.05, 0.1) is 25.3 Å². The van der Waals surface area contributed by atoms with Crippen molar-refractivity contribution < 1.29 is 14.2 Å². The second-order valence-corrected chi connectivity index (χ2v) is 8.55. The van der Waals surface area contributed by atoms with Crippen LogP contribution in [0.3, 0.4) is 0 Å². The molecule has 1 N–H and O–H groups in total. The normalized spacial score (nSPS) is 11.1. The van der Waals surface area contributed by atoms with Crippen LogP contribution in [0, 0.1) is 0 Å². The Morgan fingerprint density at radius 3 is 1.94 bits per heavy atom. The van der Waals surface area contributed by atoms with Crippen molar-refractivity contribution in [3.63, 3.8) is 0 Å². The van der Waals surface area contributed by atoms with E-state index in [0.717, 1.165) is 48.8 Å². The van der Waals surface area contributed by atoms with Crippen LogP contribution in [0.1, 0.15) is 97.8 Å². The lowest BCUT2D eigenvalue weighted by Gasteiger charge is -2.15. The van der Waals surface area contributed by atoms with Crippen molar-refractivity contribution in [2.45, 2.75) is 97.8 Å². The Kier molecular flexibility index (Phi) is 12.7. The molecule has 2 rings (SSSR count). The summed E-state index contributed by atoms with van der Waals surface area (Å²) in [4.78, 5) is 15.7. The van der Waals surface area contributed by atoms with Crippen LogP contribution in [0.25, 0.3) is 10.9 Å². The minimum Gasteiger partial charge on any atom is -0.494 e. The molecule has 0 spiro atoms. The van der Waals surface area contributed by atoms with E-state index in [9.17, 15) is 4.79 Å². The Morgan fingerprint density at radius 1 is 0.656 bits per heavy atom. The van der Waals surface area contributed by atoms with E-state index in [2.05, 4.69) is 25.8 Å². The van der Waals surface area contributed by atoms with Crippen LogP contribution >= 0.6 is 0 Å². The second-order valence-electron chi connectivity index (χ2n) is 8.55. The van der Waals surface area contributed by atoms with Crippen LogP contribution in [0.5, 0.6) is 17.2 Å². The average Bonchev–Trinajstić information content (AvgIpc) is 2.79. The summed E-state index contributed by atoms with van der Waals surface area (Å²) in [6.45, 7) is 8.32. The number of hydrogen-bond donors (Lipinski definition) is 1. The molecule has 0 bridgehead atoms. The third-order valence-electron chi connectivity index (χ3n) is 5.65. The maximum atomic E-state index is 12.8. The number of hydrogen-bond acceptors (Lipinski definition) is 4. The van der Waals surface area contributed by atoms with Gasteiger partial charge in [-0.2, -0.15) is 0 Å². The number of aromatic amines is 1. The zero-order valence-corrected chi connectivity index (χ0v) is 20.5. The topological polar surface area (TPSA) is 60.6 Å². The Balaban J connectivity index is 2.09. The number of pyridine rings is 1. The van der Waals surface area contributed by atoms with E-state index in [1.165, 1.54) is 44.9 Å². The standard InChI is InChI=1S/C27H43NO4/c1-4-7-10-12-13-15-19-30-22-16-17-23-24(21-22)28-27(29)26(32-18-9-6-3)25(23)31-20-14-11-8-5-2/h16-17,21H,4-15,18-20H2,1-3H3,(H,28,29). The zero-order chi connectivity index (χ0) is 23.0. The molecular weight excluding hydrogens is 402 g/mol. The summed E-state index contributed by atoms with van der Waals surface area (Å²) >= 11 is 0.